The third-order valence-electron chi connectivity index (χ3n) is 2.38. The summed E-state index contributed by atoms with van der Waals surface area (Å²) >= 11 is 5.74. The minimum atomic E-state index is -0.272. The zero-order valence-corrected chi connectivity index (χ0v) is 11.2. The second-order valence-electron chi connectivity index (χ2n) is 3.94. The van der Waals surface area contributed by atoms with Gasteiger partial charge in [-0.05, 0) is 37.1 Å². The van der Waals surface area contributed by atoms with Crippen LogP contribution < -0.4 is 16.4 Å². The number of nitrogens with one attached hydrogen (secondary N) is 2. The SMILES string of the molecule is NC(CCCCNC(=O)Nc1ccc(Cl)cc1)=NO. The summed E-state index contributed by atoms with van der Waals surface area (Å²) in [4.78, 5) is 11.5. The number of oxime groups is 1. The summed E-state index contributed by atoms with van der Waals surface area (Å²) in [7, 11) is 0. The molecule has 7 heteroatoms. The largest absolute Gasteiger partial charge is 0.409 e. The van der Waals surface area contributed by atoms with E-state index in [-0.39, 0.29) is 11.9 Å². The predicted octanol–water partition coefficient (Wildman–Crippen LogP) is 2.38. The maximum absolute atomic E-state index is 11.5. The standard InChI is InChI=1S/C12H17ClN4O2/c13-9-4-6-10(7-5-9)16-12(18)15-8-2-1-3-11(14)17-19/h4-7,19H,1-3,8H2,(H2,14,17)(H2,15,16,18). The van der Waals surface area contributed by atoms with Crippen LogP contribution in [0.25, 0.3) is 0 Å². The summed E-state index contributed by atoms with van der Waals surface area (Å²) in [5.41, 5.74) is 6.00. The van der Waals surface area contributed by atoms with Crippen LogP contribution in [0.1, 0.15) is 19.3 Å². The zero-order chi connectivity index (χ0) is 14.1. The molecule has 0 aliphatic heterocycles. The van der Waals surface area contributed by atoms with Crippen molar-refractivity contribution in [2.24, 2.45) is 10.9 Å². The lowest BCUT2D eigenvalue weighted by atomic mass is 10.2. The molecule has 0 bridgehead atoms. The molecule has 0 heterocycles. The lowest BCUT2D eigenvalue weighted by Crippen LogP contribution is -2.29. The monoisotopic (exact) mass is 284 g/mol. The highest BCUT2D eigenvalue weighted by molar-refractivity contribution is 6.30. The molecule has 0 radical (unpaired) electrons. The number of urea groups is 1. The van der Waals surface area contributed by atoms with Gasteiger partial charge in [-0.3, -0.25) is 0 Å². The fourth-order valence-electron chi connectivity index (χ4n) is 1.39. The molecule has 0 aliphatic rings. The van der Waals surface area contributed by atoms with Gasteiger partial charge in [0.2, 0.25) is 0 Å². The summed E-state index contributed by atoms with van der Waals surface area (Å²) in [6, 6.07) is 6.58. The third-order valence-corrected chi connectivity index (χ3v) is 2.63. The number of halogens is 1. The van der Waals surface area contributed by atoms with Crippen LogP contribution in [0.3, 0.4) is 0 Å². The zero-order valence-electron chi connectivity index (χ0n) is 10.4. The fourth-order valence-corrected chi connectivity index (χ4v) is 1.52. The van der Waals surface area contributed by atoms with E-state index >= 15 is 0 Å². The van der Waals surface area contributed by atoms with Crippen LogP contribution in [0.4, 0.5) is 10.5 Å². The minimum Gasteiger partial charge on any atom is -0.409 e. The number of rotatable bonds is 6. The number of anilines is 1. The molecule has 0 aromatic heterocycles. The molecule has 1 aromatic rings. The summed E-state index contributed by atoms with van der Waals surface area (Å²) < 4.78 is 0. The molecule has 1 rings (SSSR count). The van der Waals surface area contributed by atoms with Crippen molar-refractivity contribution in [3.05, 3.63) is 29.3 Å². The molecule has 19 heavy (non-hydrogen) atoms. The smallest absolute Gasteiger partial charge is 0.319 e. The molecule has 1 aromatic carbocycles. The van der Waals surface area contributed by atoms with Crippen molar-refractivity contribution in [3.63, 3.8) is 0 Å². The lowest BCUT2D eigenvalue weighted by Gasteiger charge is -2.07. The van der Waals surface area contributed by atoms with Crippen LogP contribution in [0.2, 0.25) is 5.02 Å². The summed E-state index contributed by atoms with van der Waals surface area (Å²) in [5.74, 6) is 0.200. The Labute approximate surface area is 116 Å². The summed E-state index contributed by atoms with van der Waals surface area (Å²) in [6.07, 6.45) is 2.01. The number of benzene rings is 1. The van der Waals surface area contributed by atoms with Crippen molar-refractivity contribution < 1.29 is 10.0 Å². The van der Waals surface area contributed by atoms with Crippen LogP contribution in [0.5, 0.6) is 0 Å². The van der Waals surface area contributed by atoms with Crippen molar-refractivity contribution in [2.75, 3.05) is 11.9 Å². The average Bonchev–Trinajstić information content (AvgIpc) is 2.40. The van der Waals surface area contributed by atoms with Crippen LogP contribution in [0, 0.1) is 0 Å². The molecule has 5 N–H and O–H groups in total. The van der Waals surface area contributed by atoms with E-state index in [1.807, 2.05) is 0 Å². The first-order valence-electron chi connectivity index (χ1n) is 5.88. The number of unbranched alkanes of at least 4 members (excludes halogenated alkanes) is 1. The van der Waals surface area contributed by atoms with E-state index in [1.165, 1.54) is 0 Å². The number of amides is 2. The molecule has 0 fully saturated rings. The highest BCUT2D eigenvalue weighted by Crippen LogP contribution is 2.12. The van der Waals surface area contributed by atoms with Crippen LogP contribution >= 0.6 is 11.6 Å². The summed E-state index contributed by atoms with van der Waals surface area (Å²) in [6.45, 7) is 0.526. The fraction of sp³-hybridized carbons (Fsp3) is 0.333. The van der Waals surface area contributed by atoms with E-state index in [9.17, 15) is 4.79 Å². The van der Waals surface area contributed by atoms with Gasteiger partial charge >= 0.3 is 6.03 Å². The maximum Gasteiger partial charge on any atom is 0.319 e. The van der Waals surface area contributed by atoms with Crippen molar-refractivity contribution in [1.29, 1.82) is 0 Å². The quantitative estimate of drug-likeness (QED) is 0.212. The number of nitrogens with two attached hydrogens (primary N) is 1. The molecule has 0 aliphatic carbocycles. The third kappa shape index (κ3) is 6.52. The number of carbonyl (C=O) groups excluding carboxylic acids is 1. The molecule has 2 amide bonds. The Balaban J connectivity index is 2.16. The molecule has 6 nitrogen and oxygen atoms in total. The van der Waals surface area contributed by atoms with Gasteiger partial charge in [-0.2, -0.15) is 0 Å². The van der Waals surface area contributed by atoms with E-state index < -0.39 is 0 Å². The molecule has 0 saturated carbocycles. The molecule has 0 unspecified atom stereocenters. The van der Waals surface area contributed by atoms with Gasteiger partial charge in [0.05, 0.1) is 0 Å². The highest BCUT2D eigenvalue weighted by Gasteiger charge is 2.01. The maximum atomic E-state index is 11.5. The molecule has 0 spiro atoms. The number of amidine groups is 1. The Bertz CT molecular complexity index is 434. The molecule has 0 atom stereocenters. The Hall–Kier alpha value is -1.95. The first-order valence-corrected chi connectivity index (χ1v) is 6.26. The minimum absolute atomic E-state index is 0.200. The number of nitrogens with zero attached hydrogens (tertiary/aromatic N) is 1. The van der Waals surface area contributed by atoms with Gasteiger partial charge in [0, 0.05) is 23.7 Å². The van der Waals surface area contributed by atoms with E-state index in [0.29, 0.717) is 23.7 Å². The predicted molar refractivity (Wildman–Crippen MR) is 75.7 cm³/mol. The number of hydrogen-bond donors (Lipinski definition) is 4. The van der Waals surface area contributed by atoms with Gasteiger partial charge in [0.25, 0.3) is 0 Å². The number of carbonyl (C=O) groups is 1. The van der Waals surface area contributed by atoms with E-state index in [2.05, 4.69) is 15.8 Å². The normalized spacial score (nSPS) is 11.1. The van der Waals surface area contributed by atoms with E-state index in [0.717, 1.165) is 12.8 Å². The van der Waals surface area contributed by atoms with Gasteiger partial charge in [0.1, 0.15) is 5.84 Å². The lowest BCUT2D eigenvalue weighted by molar-refractivity contribution is 0.252. The molecule has 104 valence electrons. The van der Waals surface area contributed by atoms with E-state index in [4.69, 9.17) is 22.5 Å². The van der Waals surface area contributed by atoms with Gasteiger partial charge in [-0.1, -0.05) is 16.8 Å². The molecular formula is C12H17ClN4O2. The second-order valence-corrected chi connectivity index (χ2v) is 4.37. The van der Waals surface area contributed by atoms with Gasteiger partial charge in [0.15, 0.2) is 0 Å². The van der Waals surface area contributed by atoms with Crippen LogP contribution in [-0.4, -0.2) is 23.6 Å². The van der Waals surface area contributed by atoms with Crippen molar-refractivity contribution in [3.8, 4) is 0 Å². The van der Waals surface area contributed by atoms with Crippen molar-refractivity contribution >= 4 is 29.2 Å². The Morgan fingerprint density at radius 1 is 1.32 bits per heavy atom. The number of hydrogen-bond acceptors (Lipinski definition) is 3. The van der Waals surface area contributed by atoms with Gasteiger partial charge < -0.3 is 21.6 Å². The Morgan fingerprint density at radius 2 is 2.00 bits per heavy atom. The highest BCUT2D eigenvalue weighted by atomic mass is 35.5. The topological polar surface area (TPSA) is 99.7 Å². The second kappa shape index (κ2) is 8.20. The van der Waals surface area contributed by atoms with Gasteiger partial charge in [-0.15, -0.1) is 0 Å². The first kappa shape index (κ1) is 15.1. The van der Waals surface area contributed by atoms with Crippen molar-refractivity contribution in [1.82, 2.24) is 5.32 Å². The molecular weight excluding hydrogens is 268 g/mol. The molecule has 0 saturated heterocycles. The van der Waals surface area contributed by atoms with Crippen molar-refractivity contribution in [2.45, 2.75) is 19.3 Å². The van der Waals surface area contributed by atoms with Crippen LogP contribution in [-0.2, 0) is 0 Å². The van der Waals surface area contributed by atoms with Gasteiger partial charge in [-0.25, -0.2) is 4.79 Å². The average molecular weight is 285 g/mol. The van der Waals surface area contributed by atoms with E-state index in [1.54, 1.807) is 24.3 Å². The Morgan fingerprint density at radius 3 is 2.63 bits per heavy atom. The Kier molecular flexibility index (Phi) is 6.52. The van der Waals surface area contributed by atoms with Crippen LogP contribution in [0.15, 0.2) is 29.4 Å². The summed E-state index contributed by atoms with van der Waals surface area (Å²) in [5, 5.41) is 17.2. The first-order chi connectivity index (χ1) is 9.11.